The number of esters is 2. The van der Waals surface area contributed by atoms with Gasteiger partial charge in [0.2, 0.25) is 0 Å². The van der Waals surface area contributed by atoms with E-state index in [1.807, 2.05) is 13.8 Å². The van der Waals surface area contributed by atoms with E-state index in [1.165, 1.54) is 34.8 Å². The molecule has 0 radical (unpaired) electrons. The predicted octanol–water partition coefficient (Wildman–Crippen LogP) is 7.30. The van der Waals surface area contributed by atoms with Crippen LogP contribution in [0.15, 0.2) is 83.6 Å². The monoisotopic (exact) mass is 616 g/mol. The molecule has 43 heavy (non-hydrogen) atoms. The van der Waals surface area contributed by atoms with Gasteiger partial charge in [-0.1, -0.05) is 36.4 Å². The quantitative estimate of drug-likeness (QED) is 0.0629. The van der Waals surface area contributed by atoms with Gasteiger partial charge in [-0.15, -0.1) is 22.7 Å². The Balaban J connectivity index is 1.35. The lowest BCUT2D eigenvalue weighted by Crippen LogP contribution is -2.08. The first-order valence-corrected chi connectivity index (χ1v) is 15.1. The van der Waals surface area contributed by atoms with Crippen molar-refractivity contribution in [3.05, 3.63) is 104 Å². The van der Waals surface area contributed by atoms with Crippen LogP contribution in [-0.2, 0) is 9.59 Å². The Hall–Kier alpha value is -4.80. The Bertz CT molecular complexity index is 1510. The van der Waals surface area contributed by atoms with Crippen LogP contribution in [0.2, 0.25) is 0 Å². The molecule has 0 bridgehead atoms. The molecule has 4 aromatic rings. The summed E-state index contributed by atoms with van der Waals surface area (Å²) < 4.78 is 22.2. The number of carbonyl (C=O) groups is 4. The van der Waals surface area contributed by atoms with Gasteiger partial charge in [0.15, 0.2) is 34.6 Å². The maximum atomic E-state index is 12.5. The van der Waals surface area contributed by atoms with Crippen LogP contribution in [0, 0.1) is 0 Å². The number of hydrogen-bond acceptors (Lipinski definition) is 10. The van der Waals surface area contributed by atoms with Crippen molar-refractivity contribution in [2.75, 3.05) is 13.2 Å². The summed E-state index contributed by atoms with van der Waals surface area (Å²) in [5, 5.41) is 3.57. The van der Waals surface area contributed by atoms with Crippen molar-refractivity contribution in [3.63, 3.8) is 0 Å². The fourth-order valence-corrected chi connectivity index (χ4v) is 4.92. The molecule has 4 rings (SSSR count). The first kappa shape index (κ1) is 31.1. The maximum absolute atomic E-state index is 12.5. The van der Waals surface area contributed by atoms with E-state index in [1.54, 1.807) is 83.6 Å². The molecular formula is C33H28O8S2. The Morgan fingerprint density at radius 1 is 0.628 bits per heavy atom. The zero-order chi connectivity index (χ0) is 30.6. The molecular weight excluding hydrogens is 588 g/mol. The second kappa shape index (κ2) is 15.4. The summed E-state index contributed by atoms with van der Waals surface area (Å²) in [7, 11) is 0. The SMILES string of the molecule is CCOc1cc(/C=C/C(=O)CC(=O)/C=C/c2ccc(OC(=O)c3cccs3)c(OCC)c2)ccc1OC(=O)c1cccs1. The molecule has 0 saturated heterocycles. The summed E-state index contributed by atoms with van der Waals surface area (Å²) in [4.78, 5) is 50.5. The number of allylic oxidation sites excluding steroid dienone is 2. The molecule has 0 aliphatic heterocycles. The number of carbonyl (C=O) groups excluding carboxylic acids is 4. The molecule has 2 aromatic carbocycles. The lowest BCUT2D eigenvalue weighted by molar-refractivity contribution is -0.121. The third kappa shape index (κ3) is 9.09. The van der Waals surface area contributed by atoms with E-state index in [2.05, 4.69) is 0 Å². The third-order valence-corrected chi connectivity index (χ3v) is 7.36. The average molecular weight is 617 g/mol. The molecule has 0 amide bonds. The number of benzene rings is 2. The van der Waals surface area contributed by atoms with Crippen molar-refractivity contribution >= 4 is 58.3 Å². The van der Waals surface area contributed by atoms with Crippen LogP contribution in [0.25, 0.3) is 12.2 Å². The molecule has 2 heterocycles. The summed E-state index contributed by atoms with van der Waals surface area (Å²) in [6.07, 6.45) is 5.45. The van der Waals surface area contributed by atoms with E-state index in [-0.39, 0.29) is 29.5 Å². The Morgan fingerprint density at radius 3 is 1.44 bits per heavy atom. The smallest absolute Gasteiger partial charge is 0.353 e. The first-order valence-electron chi connectivity index (χ1n) is 13.3. The molecule has 8 nitrogen and oxygen atoms in total. The fourth-order valence-electron chi connectivity index (χ4n) is 3.72. The predicted molar refractivity (Wildman–Crippen MR) is 166 cm³/mol. The molecule has 0 aliphatic rings. The van der Waals surface area contributed by atoms with Gasteiger partial charge in [0.25, 0.3) is 0 Å². The van der Waals surface area contributed by atoms with Gasteiger partial charge in [0.05, 0.1) is 19.6 Å². The van der Waals surface area contributed by atoms with E-state index in [0.29, 0.717) is 45.6 Å². The van der Waals surface area contributed by atoms with E-state index in [4.69, 9.17) is 18.9 Å². The number of thiophene rings is 2. The summed E-state index contributed by atoms with van der Waals surface area (Å²) in [5.74, 6) is -0.472. The van der Waals surface area contributed by atoms with Gasteiger partial charge in [0, 0.05) is 0 Å². The highest BCUT2D eigenvalue weighted by Gasteiger charge is 2.15. The maximum Gasteiger partial charge on any atom is 0.353 e. The highest BCUT2D eigenvalue weighted by molar-refractivity contribution is 7.12. The number of ketones is 2. The second-order valence-electron chi connectivity index (χ2n) is 8.79. The first-order chi connectivity index (χ1) is 20.9. The van der Waals surface area contributed by atoms with Crippen molar-refractivity contribution in [3.8, 4) is 23.0 Å². The molecule has 0 unspecified atom stereocenters. The highest BCUT2D eigenvalue weighted by atomic mass is 32.1. The minimum absolute atomic E-state index is 0.269. The summed E-state index contributed by atoms with van der Waals surface area (Å²) in [5.41, 5.74) is 1.28. The van der Waals surface area contributed by atoms with Crippen LogP contribution in [0.5, 0.6) is 23.0 Å². The van der Waals surface area contributed by atoms with E-state index in [9.17, 15) is 19.2 Å². The standard InChI is InChI=1S/C33H28O8S2/c1-3-38-28-19-22(11-15-26(28)40-32(36)30-7-5-17-42-30)9-13-24(34)21-25(35)14-10-23-12-16-27(29(20-23)39-4-2)41-33(37)31-8-6-18-43-31/h5-20H,3-4,21H2,1-2H3/b13-9+,14-10+. The Morgan fingerprint density at radius 2 is 1.07 bits per heavy atom. The van der Waals surface area contributed by atoms with Gasteiger partial charge in [-0.3, -0.25) is 9.59 Å². The summed E-state index contributed by atoms with van der Waals surface area (Å²) >= 11 is 2.55. The molecule has 0 saturated carbocycles. The number of ether oxygens (including phenoxy) is 4. The van der Waals surface area contributed by atoms with E-state index < -0.39 is 11.9 Å². The lowest BCUT2D eigenvalue weighted by Gasteiger charge is -2.11. The zero-order valence-corrected chi connectivity index (χ0v) is 25.1. The van der Waals surface area contributed by atoms with Crippen molar-refractivity contribution < 1.29 is 38.1 Å². The average Bonchev–Trinajstić information content (AvgIpc) is 3.73. The molecule has 220 valence electrons. The van der Waals surface area contributed by atoms with Crippen LogP contribution < -0.4 is 18.9 Å². The van der Waals surface area contributed by atoms with E-state index in [0.717, 1.165) is 0 Å². The third-order valence-electron chi connectivity index (χ3n) is 5.66. The second-order valence-corrected chi connectivity index (χ2v) is 10.7. The molecule has 10 heteroatoms. The van der Waals surface area contributed by atoms with Crippen LogP contribution in [0.3, 0.4) is 0 Å². The van der Waals surface area contributed by atoms with Crippen LogP contribution in [-0.4, -0.2) is 36.7 Å². The molecule has 2 aromatic heterocycles. The topological polar surface area (TPSA) is 105 Å². The van der Waals surface area contributed by atoms with Crippen LogP contribution in [0.4, 0.5) is 0 Å². The van der Waals surface area contributed by atoms with Crippen LogP contribution >= 0.6 is 22.7 Å². The van der Waals surface area contributed by atoms with Crippen molar-refractivity contribution in [2.45, 2.75) is 20.3 Å². The zero-order valence-electron chi connectivity index (χ0n) is 23.4. The summed E-state index contributed by atoms with van der Waals surface area (Å²) in [6.45, 7) is 4.32. The molecule has 0 spiro atoms. The van der Waals surface area contributed by atoms with Crippen molar-refractivity contribution in [2.24, 2.45) is 0 Å². The number of hydrogen-bond donors (Lipinski definition) is 0. The normalized spacial score (nSPS) is 11.0. The van der Waals surface area contributed by atoms with Crippen LogP contribution in [0.1, 0.15) is 50.7 Å². The van der Waals surface area contributed by atoms with Crippen molar-refractivity contribution in [1.29, 1.82) is 0 Å². The molecule has 0 N–H and O–H groups in total. The van der Waals surface area contributed by atoms with Gasteiger partial charge < -0.3 is 18.9 Å². The van der Waals surface area contributed by atoms with Gasteiger partial charge in [0.1, 0.15) is 9.75 Å². The minimum Gasteiger partial charge on any atom is -0.490 e. The Labute approximate surface area is 256 Å². The van der Waals surface area contributed by atoms with Crippen molar-refractivity contribution in [1.82, 2.24) is 0 Å². The molecule has 0 aliphatic carbocycles. The molecule has 0 fully saturated rings. The highest BCUT2D eigenvalue weighted by Crippen LogP contribution is 2.31. The molecule has 0 atom stereocenters. The Kier molecular flexibility index (Phi) is 11.2. The minimum atomic E-state index is -0.483. The summed E-state index contributed by atoms with van der Waals surface area (Å²) in [6, 6.07) is 16.7. The van der Waals surface area contributed by atoms with Gasteiger partial charge in [-0.25, -0.2) is 9.59 Å². The fraction of sp³-hybridized carbons (Fsp3) is 0.152. The lowest BCUT2D eigenvalue weighted by atomic mass is 10.1. The van der Waals surface area contributed by atoms with Gasteiger partial charge in [-0.2, -0.15) is 0 Å². The van der Waals surface area contributed by atoms with Gasteiger partial charge >= 0.3 is 11.9 Å². The van der Waals surface area contributed by atoms with Gasteiger partial charge in [-0.05, 0) is 84.3 Å². The number of rotatable bonds is 14. The largest absolute Gasteiger partial charge is 0.490 e. The van der Waals surface area contributed by atoms with E-state index >= 15 is 0 Å².